The van der Waals surface area contributed by atoms with E-state index in [2.05, 4.69) is 27.2 Å². The first-order valence-electron chi connectivity index (χ1n) is 6.53. The average molecular weight is 351 g/mol. The van der Waals surface area contributed by atoms with Crippen LogP contribution in [0.5, 0.6) is 0 Å². The van der Waals surface area contributed by atoms with Crippen LogP contribution in [0.4, 0.5) is 10.5 Å². The van der Waals surface area contributed by atoms with Crippen molar-refractivity contribution in [2.24, 2.45) is 5.92 Å². The lowest BCUT2D eigenvalue weighted by Gasteiger charge is -2.21. The molecule has 0 unspecified atom stereocenters. The number of aromatic carboxylic acids is 1. The van der Waals surface area contributed by atoms with Crippen molar-refractivity contribution >= 4 is 33.6 Å². The van der Waals surface area contributed by atoms with E-state index in [9.17, 15) is 9.59 Å². The fourth-order valence-corrected chi connectivity index (χ4v) is 2.24. The molecule has 0 saturated heterocycles. The van der Waals surface area contributed by atoms with Gasteiger partial charge in [0.05, 0.1) is 17.8 Å². The van der Waals surface area contributed by atoms with Crippen molar-refractivity contribution in [1.82, 2.24) is 4.90 Å². The number of terminal acetylenes is 1. The molecule has 1 aliphatic rings. The number of carboxylic acid groups (broad SMARTS) is 1. The summed E-state index contributed by atoms with van der Waals surface area (Å²) in [5.74, 6) is 1.95. The van der Waals surface area contributed by atoms with Gasteiger partial charge in [-0.2, -0.15) is 0 Å². The molecule has 0 atom stereocenters. The Morgan fingerprint density at radius 3 is 2.76 bits per heavy atom. The number of rotatable bonds is 5. The normalized spacial score (nSPS) is 13.3. The Morgan fingerprint density at radius 2 is 2.19 bits per heavy atom. The van der Waals surface area contributed by atoms with E-state index in [4.69, 9.17) is 11.5 Å². The van der Waals surface area contributed by atoms with Gasteiger partial charge in [0.2, 0.25) is 0 Å². The molecule has 2 N–H and O–H groups in total. The molecule has 0 radical (unpaired) electrons. The Bertz CT molecular complexity index is 605. The molecule has 0 heterocycles. The smallest absolute Gasteiger partial charge is 0.335 e. The maximum Gasteiger partial charge on any atom is 0.335 e. The summed E-state index contributed by atoms with van der Waals surface area (Å²) in [6, 6.07) is 4.15. The van der Waals surface area contributed by atoms with Crippen molar-refractivity contribution in [3.63, 3.8) is 0 Å². The summed E-state index contributed by atoms with van der Waals surface area (Å²) in [6.07, 6.45) is 7.53. The van der Waals surface area contributed by atoms with Crippen LogP contribution in [0.1, 0.15) is 23.2 Å². The number of amides is 2. The molecule has 0 bridgehead atoms. The van der Waals surface area contributed by atoms with Crippen molar-refractivity contribution in [3.05, 3.63) is 28.2 Å². The van der Waals surface area contributed by atoms with Crippen LogP contribution < -0.4 is 5.32 Å². The SMILES string of the molecule is C#CCN(CC1CC1)C(=O)Nc1cc(C(=O)O)ccc1Br. The van der Waals surface area contributed by atoms with Crippen LogP contribution >= 0.6 is 15.9 Å². The maximum absolute atomic E-state index is 12.3. The molecule has 21 heavy (non-hydrogen) atoms. The summed E-state index contributed by atoms with van der Waals surface area (Å²) in [7, 11) is 0. The van der Waals surface area contributed by atoms with Gasteiger partial charge in [0.15, 0.2) is 0 Å². The number of anilines is 1. The van der Waals surface area contributed by atoms with Crippen molar-refractivity contribution < 1.29 is 14.7 Å². The summed E-state index contributed by atoms with van der Waals surface area (Å²) < 4.78 is 0.618. The van der Waals surface area contributed by atoms with E-state index in [1.54, 1.807) is 11.0 Å². The van der Waals surface area contributed by atoms with E-state index < -0.39 is 5.97 Å². The van der Waals surface area contributed by atoms with Crippen LogP contribution in [0.3, 0.4) is 0 Å². The minimum absolute atomic E-state index is 0.110. The topological polar surface area (TPSA) is 69.6 Å². The van der Waals surface area contributed by atoms with Crippen molar-refractivity contribution in [2.45, 2.75) is 12.8 Å². The highest BCUT2D eigenvalue weighted by Gasteiger charge is 2.26. The third kappa shape index (κ3) is 4.23. The zero-order chi connectivity index (χ0) is 15.4. The second-order valence-corrected chi connectivity index (χ2v) is 5.81. The van der Waals surface area contributed by atoms with E-state index in [-0.39, 0.29) is 18.1 Å². The minimum Gasteiger partial charge on any atom is -0.478 e. The van der Waals surface area contributed by atoms with Gasteiger partial charge in [-0.15, -0.1) is 6.42 Å². The summed E-state index contributed by atoms with van der Waals surface area (Å²) in [4.78, 5) is 24.8. The molecule has 0 spiro atoms. The summed E-state index contributed by atoms with van der Waals surface area (Å²) in [6.45, 7) is 0.866. The first-order valence-corrected chi connectivity index (χ1v) is 7.32. The van der Waals surface area contributed by atoms with Gasteiger partial charge >= 0.3 is 12.0 Å². The highest BCUT2D eigenvalue weighted by atomic mass is 79.9. The largest absolute Gasteiger partial charge is 0.478 e. The molecule has 0 aliphatic heterocycles. The number of nitrogens with zero attached hydrogens (tertiary/aromatic N) is 1. The Labute approximate surface area is 131 Å². The highest BCUT2D eigenvalue weighted by Crippen LogP contribution is 2.30. The van der Waals surface area contributed by atoms with Gasteiger partial charge in [0, 0.05) is 11.0 Å². The Hall–Kier alpha value is -2.00. The number of benzene rings is 1. The maximum atomic E-state index is 12.3. The summed E-state index contributed by atoms with van der Waals surface area (Å²) in [5, 5.41) is 11.7. The van der Waals surface area contributed by atoms with Gasteiger partial charge in [0.1, 0.15) is 0 Å². The standard InChI is InChI=1S/C15H15BrN2O3/c1-2-7-18(9-10-3-4-10)15(21)17-13-8-11(14(19)20)5-6-12(13)16/h1,5-6,8,10H,3-4,7,9H2,(H,17,21)(H,19,20). The first-order chi connectivity index (χ1) is 10.0. The van der Waals surface area contributed by atoms with E-state index in [1.807, 2.05) is 0 Å². The van der Waals surface area contributed by atoms with Gasteiger partial charge in [-0.3, -0.25) is 0 Å². The zero-order valence-corrected chi connectivity index (χ0v) is 12.9. The predicted octanol–water partition coefficient (Wildman–Crippen LogP) is 3.02. The molecule has 2 amide bonds. The van der Waals surface area contributed by atoms with Crippen molar-refractivity contribution in [1.29, 1.82) is 0 Å². The number of urea groups is 1. The lowest BCUT2D eigenvalue weighted by atomic mass is 10.2. The van der Waals surface area contributed by atoms with Crippen LogP contribution in [0.25, 0.3) is 0 Å². The van der Waals surface area contributed by atoms with Crippen LogP contribution in [0, 0.1) is 18.3 Å². The first kappa shape index (κ1) is 15.4. The summed E-state index contributed by atoms with van der Waals surface area (Å²) in [5.41, 5.74) is 0.525. The third-order valence-corrected chi connectivity index (χ3v) is 3.89. The quantitative estimate of drug-likeness (QED) is 0.802. The molecular weight excluding hydrogens is 336 g/mol. The molecule has 1 aromatic carbocycles. The number of carbonyl (C=O) groups is 2. The fraction of sp³-hybridized carbons (Fsp3) is 0.333. The second kappa shape index (κ2) is 6.64. The Kier molecular flexibility index (Phi) is 4.86. The number of halogens is 1. The van der Waals surface area contributed by atoms with Gasteiger partial charge in [-0.25, -0.2) is 9.59 Å². The van der Waals surface area contributed by atoms with E-state index in [0.717, 1.165) is 12.8 Å². The molecule has 2 rings (SSSR count). The highest BCUT2D eigenvalue weighted by molar-refractivity contribution is 9.10. The molecular formula is C15H15BrN2O3. The number of hydrogen-bond donors (Lipinski definition) is 2. The van der Waals surface area contributed by atoms with Gasteiger partial charge in [0.25, 0.3) is 0 Å². The minimum atomic E-state index is -1.04. The molecule has 1 aliphatic carbocycles. The summed E-state index contributed by atoms with van der Waals surface area (Å²) >= 11 is 3.29. The average Bonchev–Trinajstić information content (AvgIpc) is 3.24. The van der Waals surface area contributed by atoms with Crippen LogP contribution in [-0.2, 0) is 0 Å². The van der Waals surface area contributed by atoms with Crippen LogP contribution in [-0.4, -0.2) is 35.1 Å². The van der Waals surface area contributed by atoms with Gasteiger partial charge in [-0.1, -0.05) is 5.92 Å². The predicted molar refractivity (Wildman–Crippen MR) is 83.3 cm³/mol. The van der Waals surface area contributed by atoms with E-state index in [1.165, 1.54) is 12.1 Å². The lowest BCUT2D eigenvalue weighted by molar-refractivity contribution is 0.0697. The lowest BCUT2D eigenvalue weighted by Crippen LogP contribution is -2.36. The number of carbonyl (C=O) groups excluding carboxylic acids is 1. The molecule has 110 valence electrons. The van der Waals surface area contributed by atoms with Crippen molar-refractivity contribution in [3.8, 4) is 12.3 Å². The second-order valence-electron chi connectivity index (χ2n) is 4.96. The fourth-order valence-electron chi connectivity index (χ4n) is 1.89. The van der Waals surface area contributed by atoms with Crippen LogP contribution in [0.15, 0.2) is 22.7 Å². The number of carboxylic acids is 1. The molecule has 5 nitrogen and oxygen atoms in total. The monoisotopic (exact) mass is 350 g/mol. The van der Waals surface area contributed by atoms with Gasteiger partial charge in [-0.05, 0) is 52.9 Å². The zero-order valence-electron chi connectivity index (χ0n) is 11.3. The van der Waals surface area contributed by atoms with Gasteiger partial charge < -0.3 is 15.3 Å². The molecule has 1 aromatic rings. The number of hydrogen-bond acceptors (Lipinski definition) is 2. The van der Waals surface area contributed by atoms with Crippen LogP contribution in [0.2, 0.25) is 0 Å². The third-order valence-electron chi connectivity index (χ3n) is 3.20. The molecule has 1 fully saturated rings. The Balaban J connectivity index is 2.11. The van der Waals surface area contributed by atoms with Crippen molar-refractivity contribution in [2.75, 3.05) is 18.4 Å². The Morgan fingerprint density at radius 1 is 1.48 bits per heavy atom. The van der Waals surface area contributed by atoms with E-state index in [0.29, 0.717) is 22.6 Å². The number of nitrogens with one attached hydrogen (secondary N) is 1. The molecule has 0 aromatic heterocycles. The van der Waals surface area contributed by atoms with E-state index >= 15 is 0 Å². The molecule has 6 heteroatoms. The molecule has 1 saturated carbocycles.